The van der Waals surface area contributed by atoms with E-state index in [-0.39, 0.29) is 34.0 Å². The Labute approximate surface area is 128 Å². The Kier molecular flexibility index (Phi) is 4.57. The van der Waals surface area contributed by atoms with E-state index in [2.05, 4.69) is 10.3 Å². The van der Waals surface area contributed by atoms with Crippen molar-refractivity contribution in [3.05, 3.63) is 28.0 Å². The van der Waals surface area contributed by atoms with Crippen molar-refractivity contribution in [3.63, 3.8) is 0 Å². The first-order chi connectivity index (χ1) is 9.23. The number of aromatic nitrogens is 1. The van der Waals surface area contributed by atoms with Crippen molar-refractivity contribution in [2.45, 2.75) is 51.4 Å². The summed E-state index contributed by atoms with van der Waals surface area (Å²) in [4.78, 5) is 15.9. The highest BCUT2D eigenvalue weighted by Gasteiger charge is 2.33. The van der Waals surface area contributed by atoms with E-state index < -0.39 is 0 Å². The van der Waals surface area contributed by atoms with Gasteiger partial charge in [-0.25, -0.2) is 4.98 Å². The molecule has 1 aliphatic carbocycles. The largest absolute Gasteiger partial charge is 0.372 e. The van der Waals surface area contributed by atoms with E-state index in [0.717, 1.165) is 12.8 Å². The smallest absolute Gasteiger partial charge is 0.251 e. The van der Waals surface area contributed by atoms with Crippen molar-refractivity contribution in [2.24, 2.45) is 0 Å². The minimum atomic E-state index is -0.185. The molecule has 20 heavy (non-hydrogen) atoms. The molecule has 0 aliphatic heterocycles. The zero-order chi connectivity index (χ0) is 14.9. The van der Waals surface area contributed by atoms with Crippen LogP contribution in [0.25, 0.3) is 0 Å². The second kappa shape index (κ2) is 5.88. The highest BCUT2D eigenvalue weighted by atomic mass is 35.5. The molecule has 1 fully saturated rings. The number of amides is 1. The first-order valence-electron chi connectivity index (χ1n) is 6.55. The Morgan fingerprint density at radius 2 is 1.85 bits per heavy atom. The molecule has 1 aliphatic rings. The van der Waals surface area contributed by atoms with Gasteiger partial charge in [0.05, 0.1) is 11.7 Å². The molecule has 1 N–H and O–H groups in total. The average Bonchev–Trinajstić information content (AvgIpc) is 2.22. The van der Waals surface area contributed by atoms with Crippen LogP contribution in [0.2, 0.25) is 10.3 Å². The van der Waals surface area contributed by atoms with E-state index in [1.54, 1.807) is 0 Å². The molecule has 0 atom stereocenters. The normalized spacial score (nSPS) is 22.2. The fraction of sp³-hybridized carbons (Fsp3) is 0.571. The second-order valence-corrected chi connectivity index (χ2v) is 6.77. The van der Waals surface area contributed by atoms with Crippen LogP contribution in [0.1, 0.15) is 44.0 Å². The third-order valence-electron chi connectivity index (χ3n) is 2.98. The molecule has 0 radical (unpaired) electrons. The zero-order valence-electron chi connectivity index (χ0n) is 11.7. The van der Waals surface area contributed by atoms with E-state index in [9.17, 15) is 4.79 Å². The second-order valence-electron chi connectivity index (χ2n) is 6.00. The van der Waals surface area contributed by atoms with Crippen LogP contribution in [0.5, 0.6) is 0 Å². The van der Waals surface area contributed by atoms with Gasteiger partial charge in [-0.3, -0.25) is 4.79 Å². The van der Waals surface area contributed by atoms with Gasteiger partial charge in [-0.2, -0.15) is 0 Å². The molecule has 1 saturated carbocycles. The average molecular weight is 317 g/mol. The predicted molar refractivity (Wildman–Crippen MR) is 79.4 cm³/mol. The summed E-state index contributed by atoms with van der Waals surface area (Å²) >= 11 is 11.6. The molecule has 2 rings (SSSR count). The molecule has 1 aromatic heterocycles. The van der Waals surface area contributed by atoms with Gasteiger partial charge in [0.2, 0.25) is 0 Å². The monoisotopic (exact) mass is 316 g/mol. The van der Waals surface area contributed by atoms with E-state index in [1.165, 1.54) is 12.1 Å². The van der Waals surface area contributed by atoms with Crippen molar-refractivity contribution >= 4 is 29.1 Å². The Hall–Kier alpha value is -0.840. The van der Waals surface area contributed by atoms with Crippen LogP contribution in [0.15, 0.2) is 12.1 Å². The summed E-state index contributed by atoms with van der Waals surface area (Å²) in [6, 6.07) is 3.15. The number of nitrogens with zero attached hydrogens (tertiary/aromatic N) is 1. The van der Waals surface area contributed by atoms with Gasteiger partial charge in [0.1, 0.15) is 10.3 Å². The van der Waals surface area contributed by atoms with Crippen LogP contribution in [0.3, 0.4) is 0 Å². The van der Waals surface area contributed by atoms with Gasteiger partial charge in [0, 0.05) is 11.6 Å². The number of rotatable bonds is 3. The summed E-state index contributed by atoms with van der Waals surface area (Å²) in [6.07, 6.45) is 1.87. The van der Waals surface area contributed by atoms with Crippen molar-refractivity contribution < 1.29 is 9.53 Å². The number of hydrogen-bond donors (Lipinski definition) is 1. The van der Waals surface area contributed by atoms with Gasteiger partial charge in [-0.1, -0.05) is 23.2 Å². The fourth-order valence-corrected chi connectivity index (χ4v) is 2.60. The molecule has 0 unspecified atom stereocenters. The van der Waals surface area contributed by atoms with Crippen LogP contribution in [0.4, 0.5) is 0 Å². The van der Waals surface area contributed by atoms with Gasteiger partial charge >= 0.3 is 0 Å². The SMILES string of the molecule is CC(C)(C)OC1CC(NC(=O)c2cc(Cl)nc(Cl)c2)C1. The topological polar surface area (TPSA) is 51.2 Å². The maximum absolute atomic E-state index is 12.0. The summed E-state index contributed by atoms with van der Waals surface area (Å²) < 4.78 is 5.83. The third-order valence-corrected chi connectivity index (χ3v) is 3.36. The highest BCUT2D eigenvalue weighted by Crippen LogP contribution is 2.28. The summed E-state index contributed by atoms with van der Waals surface area (Å²) in [5.74, 6) is -0.185. The minimum Gasteiger partial charge on any atom is -0.372 e. The number of nitrogens with one attached hydrogen (secondary N) is 1. The molecular weight excluding hydrogens is 299 g/mol. The van der Waals surface area contributed by atoms with Gasteiger partial charge in [0.25, 0.3) is 5.91 Å². The molecule has 1 amide bonds. The lowest BCUT2D eigenvalue weighted by molar-refractivity contribution is -0.101. The molecule has 0 aromatic carbocycles. The molecule has 0 saturated heterocycles. The number of carbonyl (C=O) groups is 1. The lowest BCUT2D eigenvalue weighted by Crippen LogP contribution is -2.49. The first kappa shape index (κ1) is 15.5. The number of ether oxygens (including phenoxy) is 1. The summed E-state index contributed by atoms with van der Waals surface area (Å²) in [5.41, 5.74) is 0.279. The Morgan fingerprint density at radius 1 is 1.30 bits per heavy atom. The molecule has 0 bridgehead atoms. The first-order valence-corrected chi connectivity index (χ1v) is 7.30. The minimum absolute atomic E-state index is 0.139. The van der Waals surface area contributed by atoms with Gasteiger partial charge in [-0.15, -0.1) is 0 Å². The van der Waals surface area contributed by atoms with Gasteiger partial charge < -0.3 is 10.1 Å². The Morgan fingerprint density at radius 3 is 2.35 bits per heavy atom. The quantitative estimate of drug-likeness (QED) is 0.869. The molecule has 110 valence electrons. The van der Waals surface area contributed by atoms with Crippen LogP contribution in [-0.4, -0.2) is 28.6 Å². The van der Waals surface area contributed by atoms with Crippen LogP contribution < -0.4 is 5.32 Å². The van der Waals surface area contributed by atoms with Gasteiger partial charge in [-0.05, 0) is 45.7 Å². The molecule has 6 heteroatoms. The molecule has 0 spiro atoms. The number of halogens is 2. The highest BCUT2D eigenvalue weighted by molar-refractivity contribution is 6.33. The third kappa shape index (κ3) is 4.33. The van der Waals surface area contributed by atoms with E-state index in [0.29, 0.717) is 5.56 Å². The molecule has 4 nitrogen and oxygen atoms in total. The van der Waals surface area contributed by atoms with Crippen molar-refractivity contribution in [1.82, 2.24) is 10.3 Å². The maximum Gasteiger partial charge on any atom is 0.251 e. The van der Waals surface area contributed by atoms with E-state index in [1.807, 2.05) is 20.8 Å². The van der Waals surface area contributed by atoms with Gasteiger partial charge in [0.15, 0.2) is 0 Å². The summed E-state index contributed by atoms with van der Waals surface area (Å²) in [6.45, 7) is 6.08. The predicted octanol–water partition coefficient (Wildman–Crippen LogP) is 3.46. The van der Waals surface area contributed by atoms with E-state index >= 15 is 0 Å². The number of carbonyl (C=O) groups excluding carboxylic acids is 1. The Balaban J connectivity index is 1.85. The van der Waals surface area contributed by atoms with Crippen LogP contribution >= 0.6 is 23.2 Å². The van der Waals surface area contributed by atoms with E-state index in [4.69, 9.17) is 27.9 Å². The molecular formula is C14H18Cl2N2O2. The van der Waals surface area contributed by atoms with Crippen molar-refractivity contribution in [2.75, 3.05) is 0 Å². The Bertz CT molecular complexity index is 488. The van der Waals surface area contributed by atoms with Crippen molar-refractivity contribution in [3.8, 4) is 0 Å². The lowest BCUT2D eigenvalue weighted by Gasteiger charge is -2.39. The standard InChI is InChI=1S/C14H18Cl2N2O2/c1-14(2,3)20-10-6-9(7-10)17-13(19)8-4-11(15)18-12(16)5-8/h4-5,9-10H,6-7H2,1-3H3,(H,17,19). The molecule has 1 heterocycles. The maximum atomic E-state index is 12.0. The lowest BCUT2D eigenvalue weighted by atomic mass is 9.88. The summed E-state index contributed by atoms with van der Waals surface area (Å²) in [5, 5.41) is 3.37. The zero-order valence-corrected chi connectivity index (χ0v) is 13.3. The number of hydrogen-bond acceptors (Lipinski definition) is 3. The molecule has 1 aromatic rings. The van der Waals surface area contributed by atoms with Crippen LogP contribution in [-0.2, 0) is 4.74 Å². The fourth-order valence-electron chi connectivity index (χ4n) is 2.14. The summed E-state index contributed by atoms with van der Waals surface area (Å²) in [7, 11) is 0. The van der Waals surface area contributed by atoms with Crippen molar-refractivity contribution in [1.29, 1.82) is 0 Å². The number of pyridine rings is 1. The van der Waals surface area contributed by atoms with Crippen LogP contribution in [0, 0.1) is 0 Å².